The number of esters is 1. The molecule has 3 aliphatic rings. The summed E-state index contributed by atoms with van der Waals surface area (Å²) in [6, 6.07) is 4.96. The first-order chi connectivity index (χ1) is 22.2. The van der Waals surface area contributed by atoms with Gasteiger partial charge in [0.25, 0.3) is 0 Å². The molecule has 0 aliphatic carbocycles. The molecular formula is C33H48ClN3O9S. The second kappa shape index (κ2) is 16.3. The summed E-state index contributed by atoms with van der Waals surface area (Å²) >= 11 is 8.08. The molecule has 3 fully saturated rings. The van der Waals surface area contributed by atoms with Crippen LogP contribution >= 0.6 is 23.4 Å². The lowest BCUT2D eigenvalue weighted by Crippen LogP contribution is -2.65. The molecule has 3 heterocycles. The molecule has 14 heteroatoms. The zero-order valence-corrected chi connectivity index (χ0v) is 29.5. The van der Waals surface area contributed by atoms with Crippen LogP contribution in [0.5, 0.6) is 0 Å². The number of carbonyl (C=O) groups is 4. The third kappa shape index (κ3) is 9.60. The second-order valence-electron chi connectivity index (χ2n) is 13.1. The standard InChI is InChI=1S/C33H48ClN3O9S/c1-7-9-19-16-22(37(5)17-19)30(40)36-25(18(2)34)26-27-28(46-33(3,4)45-27)29(32(44-26)47-6)43-24(39)11-8-10-23(38)35-21-14-12-20(13-15-21)31(41)42/h12-15,18-19,22,25-29,32H,7-11,16-17H2,1-6H3,(H,35,38)(H,36,40)(H,41,42)/t18-,19+,22-,25+,26+,27-,28-,29+,32+/m0/s1. The fourth-order valence-electron chi connectivity index (χ4n) is 6.66. The number of aromatic carboxylic acids is 1. The number of rotatable bonds is 14. The van der Waals surface area contributed by atoms with Crippen LogP contribution in [-0.2, 0) is 33.3 Å². The van der Waals surface area contributed by atoms with Crippen molar-refractivity contribution >= 4 is 52.8 Å². The van der Waals surface area contributed by atoms with Crippen LogP contribution in [0.2, 0.25) is 0 Å². The van der Waals surface area contributed by atoms with Gasteiger partial charge in [0.05, 0.1) is 23.0 Å². The van der Waals surface area contributed by atoms with E-state index in [9.17, 15) is 19.2 Å². The Morgan fingerprint density at radius 1 is 1.15 bits per heavy atom. The van der Waals surface area contributed by atoms with Crippen LogP contribution < -0.4 is 10.6 Å². The molecule has 0 aromatic heterocycles. The number of amides is 2. The van der Waals surface area contributed by atoms with Gasteiger partial charge in [-0.15, -0.1) is 23.4 Å². The fraction of sp³-hybridized carbons (Fsp3) is 0.697. The van der Waals surface area contributed by atoms with E-state index in [1.807, 2.05) is 20.2 Å². The number of fused-ring (bicyclic) bond motifs is 1. The minimum absolute atomic E-state index is 0.0145. The van der Waals surface area contributed by atoms with Crippen molar-refractivity contribution in [3.05, 3.63) is 29.8 Å². The summed E-state index contributed by atoms with van der Waals surface area (Å²) in [5.74, 6) is -2.51. The summed E-state index contributed by atoms with van der Waals surface area (Å²) in [6.07, 6.45) is 2.24. The number of likely N-dealkylation sites (N-methyl/N-ethyl adjacent to an activating group) is 1. The zero-order valence-electron chi connectivity index (χ0n) is 27.9. The first-order valence-electron chi connectivity index (χ1n) is 16.2. The molecule has 47 heavy (non-hydrogen) atoms. The molecule has 9 atom stereocenters. The van der Waals surface area contributed by atoms with Crippen molar-refractivity contribution in [1.29, 1.82) is 0 Å². The van der Waals surface area contributed by atoms with E-state index in [4.69, 9.17) is 35.7 Å². The van der Waals surface area contributed by atoms with E-state index in [0.29, 0.717) is 11.6 Å². The quantitative estimate of drug-likeness (QED) is 0.189. The molecule has 2 amide bonds. The number of benzene rings is 1. The Morgan fingerprint density at radius 3 is 2.45 bits per heavy atom. The minimum Gasteiger partial charge on any atom is -0.478 e. The van der Waals surface area contributed by atoms with Crippen molar-refractivity contribution in [3.63, 3.8) is 0 Å². The summed E-state index contributed by atoms with van der Waals surface area (Å²) in [4.78, 5) is 52.1. The average Bonchev–Trinajstić information content (AvgIpc) is 3.54. The smallest absolute Gasteiger partial charge is 0.335 e. The largest absolute Gasteiger partial charge is 0.478 e. The van der Waals surface area contributed by atoms with E-state index in [0.717, 1.165) is 25.8 Å². The SMILES string of the molecule is CCC[C@@H]1C[C@@H](C(=O)N[C@@H]([C@H]2O[C@H](SC)[C@H](OC(=O)CCCC(=O)Nc3ccc(C(=O)O)cc3)[C@H]3OC(C)(C)O[C@H]32)[C@H](C)Cl)N(C)C1. The second-order valence-corrected chi connectivity index (χ2v) is 14.7. The zero-order chi connectivity index (χ0) is 34.5. The summed E-state index contributed by atoms with van der Waals surface area (Å²) < 4.78 is 25.1. The number of halogens is 1. The topological polar surface area (TPSA) is 153 Å². The Hall–Kier alpha value is -2.42. The van der Waals surface area contributed by atoms with Gasteiger partial charge >= 0.3 is 11.9 Å². The highest BCUT2D eigenvalue weighted by Crippen LogP contribution is 2.42. The number of nitrogens with zero attached hydrogens (tertiary/aromatic N) is 1. The van der Waals surface area contributed by atoms with Gasteiger partial charge in [-0.3, -0.25) is 19.3 Å². The molecule has 262 valence electrons. The number of hydrogen-bond donors (Lipinski definition) is 3. The minimum atomic E-state index is -1.05. The van der Waals surface area contributed by atoms with E-state index < -0.39 is 59.0 Å². The molecule has 0 spiro atoms. The maximum Gasteiger partial charge on any atom is 0.335 e. The Kier molecular flexibility index (Phi) is 13.0. The van der Waals surface area contributed by atoms with Crippen LogP contribution in [0.25, 0.3) is 0 Å². The number of carbonyl (C=O) groups excluding carboxylic acids is 3. The molecule has 0 bridgehead atoms. The number of likely N-dealkylation sites (tertiary alicyclic amines) is 1. The summed E-state index contributed by atoms with van der Waals surface area (Å²) in [6.45, 7) is 8.40. The highest BCUT2D eigenvalue weighted by molar-refractivity contribution is 7.99. The lowest BCUT2D eigenvalue weighted by atomic mass is 9.92. The highest BCUT2D eigenvalue weighted by atomic mass is 35.5. The van der Waals surface area contributed by atoms with Crippen molar-refractivity contribution < 1.29 is 43.2 Å². The van der Waals surface area contributed by atoms with Crippen LogP contribution in [0.1, 0.15) is 76.6 Å². The third-order valence-corrected chi connectivity index (χ3v) is 9.98. The monoisotopic (exact) mass is 697 g/mol. The van der Waals surface area contributed by atoms with Crippen LogP contribution in [0.4, 0.5) is 5.69 Å². The lowest BCUT2D eigenvalue weighted by molar-refractivity contribution is -0.193. The summed E-state index contributed by atoms with van der Waals surface area (Å²) in [7, 11) is 1.97. The number of carboxylic acids is 1. The third-order valence-electron chi connectivity index (χ3n) is 8.86. The number of thioether (sulfide) groups is 1. The molecule has 3 N–H and O–H groups in total. The molecule has 1 aromatic carbocycles. The van der Waals surface area contributed by atoms with E-state index in [-0.39, 0.29) is 42.7 Å². The number of alkyl halides is 1. The van der Waals surface area contributed by atoms with Gasteiger partial charge in [0.2, 0.25) is 11.8 Å². The number of hydrogen-bond acceptors (Lipinski definition) is 10. The predicted octanol–water partition coefficient (Wildman–Crippen LogP) is 4.25. The van der Waals surface area contributed by atoms with Crippen molar-refractivity contribution in [3.8, 4) is 0 Å². The molecule has 1 aromatic rings. The Bertz CT molecular complexity index is 1270. The molecule has 3 saturated heterocycles. The summed E-state index contributed by atoms with van der Waals surface area (Å²) in [5.41, 5.74) is -0.0508. The van der Waals surface area contributed by atoms with Gasteiger partial charge in [-0.05, 0) is 83.5 Å². The fourth-order valence-corrected chi connectivity index (χ4v) is 7.59. The first kappa shape index (κ1) is 37.4. The Labute approximate surface area is 285 Å². The normalized spacial score (nSPS) is 29.8. The van der Waals surface area contributed by atoms with E-state index in [1.54, 1.807) is 13.8 Å². The Balaban J connectivity index is 1.38. The van der Waals surface area contributed by atoms with Crippen LogP contribution in [0, 0.1) is 5.92 Å². The van der Waals surface area contributed by atoms with Crippen LogP contribution in [0.3, 0.4) is 0 Å². The number of anilines is 1. The van der Waals surface area contributed by atoms with Gasteiger partial charge in [0, 0.05) is 25.1 Å². The molecule has 0 saturated carbocycles. The lowest BCUT2D eigenvalue weighted by Gasteiger charge is -2.44. The van der Waals surface area contributed by atoms with Gasteiger partial charge in [-0.2, -0.15) is 0 Å². The first-order valence-corrected chi connectivity index (χ1v) is 18.0. The van der Waals surface area contributed by atoms with Crippen LogP contribution in [0.15, 0.2) is 24.3 Å². The molecule has 4 rings (SSSR count). The maximum atomic E-state index is 13.6. The molecular weight excluding hydrogens is 650 g/mol. The number of ether oxygens (including phenoxy) is 4. The molecule has 0 unspecified atom stereocenters. The van der Waals surface area contributed by atoms with Gasteiger partial charge in [-0.25, -0.2) is 4.79 Å². The van der Waals surface area contributed by atoms with E-state index >= 15 is 0 Å². The van der Waals surface area contributed by atoms with E-state index in [1.165, 1.54) is 36.0 Å². The Morgan fingerprint density at radius 2 is 1.83 bits per heavy atom. The average molecular weight is 698 g/mol. The summed E-state index contributed by atoms with van der Waals surface area (Å²) in [5, 5.41) is 14.4. The maximum absolute atomic E-state index is 13.6. The molecule has 0 radical (unpaired) electrons. The van der Waals surface area contributed by atoms with Crippen molar-refractivity contribution in [2.45, 2.75) is 119 Å². The van der Waals surface area contributed by atoms with Gasteiger partial charge < -0.3 is 34.7 Å². The molecule has 12 nitrogen and oxygen atoms in total. The van der Waals surface area contributed by atoms with Gasteiger partial charge in [0.1, 0.15) is 23.7 Å². The van der Waals surface area contributed by atoms with Crippen LogP contribution in [-0.4, -0.2) is 107 Å². The number of carboxylic acid groups (broad SMARTS) is 1. The van der Waals surface area contributed by atoms with Gasteiger partial charge in [-0.1, -0.05) is 13.3 Å². The van der Waals surface area contributed by atoms with Gasteiger partial charge in [0.15, 0.2) is 11.9 Å². The van der Waals surface area contributed by atoms with Crippen molar-refractivity contribution in [2.24, 2.45) is 5.92 Å². The van der Waals surface area contributed by atoms with E-state index in [2.05, 4.69) is 22.5 Å². The highest BCUT2D eigenvalue weighted by Gasteiger charge is 2.59. The predicted molar refractivity (Wildman–Crippen MR) is 178 cm³/mol. The number of nitrogens with one attached hydrogen (secondary N) is 2. The van der Waals surface area contributed by atoms with Crippen molar-refractivity contribution in [2.75, 3.05) is 25.2 Å². The molecule has 3 aliphatic heterocycles. The van der Waals surface area contributed by atoms with Crippen molar-refractivity contribution in [1.82, 2.24) is 10.2 Å².